The van der Waals surface area contributed by atoms with E-state index >= 15 is 0 Å². The lowest BCUT2D eigenvalue weighted by Crippen LogP contribution is -2.55. The van der Waals surface area contributed by atoms with Gasteiger partial charge in [0.25, 0.3) is 0 Å². The van der Waals surface area contributed by atoms with Gasteiger partial charge in [0.05, 0.1) is 12.2 Å². The average molecular weight is 259 g/mol. The largest absolute Gasteiger partial charge is 0.389 e. The van der Waals surface area contributed by atoms with Crippen molar-refractivity contribution in [1.82, 2.24) is 4.90 Å². The van der Waals surface area contributed by atoms with Crippen molar-refractivity contribution in [3.63, 3.8) is 0 Å². The maximum atomic E-state index is 9.57. The van der Waals surface area contributed by atoms with Crippen LogP contribution in [0.2, 0.25) is 0 Å². The molecule has 0 radical (unpaired) electrons. The predicted molar refractivity (Wildman–Crippen MR) is 72.5 cm³/mol. The van der Waals surface area contributed by atoms with E-state index in [-0.39, 0.29) is 0 Å². The van der Waals surface area contributed by atoms with Crippen molar-refractivity contribution in [2.45, 2.75) is 70.2 Å². The number of aliphatic hydroxyl groups is 3. The summed E-state index contributed by atoms with van der Waals surface area (Å²) in [6.07, 6.45) is 6.29. The molecule has 1 fully saturated rings. The van der Waals surface area contributed by atoms with Crippen LogP contribution in [0.4, 0.5) is 0 Å². The zero-order valence-corrected chi connectivity index (χ0v) is 11.6. The Hall–Kier alpha value is -0.160. The number of aliphatic hydroxyl groups excluding tert-OH is 3. The minimum atomic E-state index is -0.977. The van der Waals surface area contributed by atoms with E-state index < -0.39 is 18.3 Å². The van der Waals surface area contributed by atoms with E-state index in [4.69, 9.17) is 0 Å². The molecule has 0 unspecified atom stereocenters. The van der Waals surface area contributed by atoms with Crippen molar-refractivity contribution in [1.29, 1.82) is 0 Å². The molecule has 1 aliphatic heterocycles. The van der Waals surface area contributed by atoms with Crippen LogP contribution in [0.1, 0.15) is 51.9 Å². The standard InChI is InChI=1S/C14H29NO3/c1-2-3-4-5-6-7-8-9-15-10-12(16)14(18)13(17)11-15/h12-14,16-18H,2-11H2,1H3/t12-,13-/m0/s1. The second-order valence-corrected chi connectivity index (χ2v) is 5.51. The molecule has 1 aliphatic rings. The smallest absolute Gasteiger partial charge is 0.108 e. The van der Waals surface area contributed by atoms with E-state index in [9.17, 15) is 15.3 Å². The molecular weight excluding hydrogens is 230 g/mol. The van der Waals surface area contributed by atoms with Crippen LogP contribution in [0.15, 0.2) is 0 Å². The minimum absolute atomic E-state index is 0.480. The summed E-state index contributed by atoms with van der Waals surface area (Å²) in [4.78, 5) is 2.05. The van der Waals surface area contributed by atoms with E-state index in [0.717, 1.165) is 13.0 Å². The Labute approximate surface area is 111 Å². The van der Waals surface area contributed by atoms with Crippen molar-refractivity contribution in [2.24, 2.45) is 0 Å². The quantitative estimate of drug-likeness (QED) is 0.572. The fourth-order valence-electron chi connectivity index (χ4n) is 2.55. The molecule has 1 rings (SSSR count). The van der Waals surface area contributed by atoms with Gasteiger partial charge in [-0.3, -0.25) is 4.90 Å². The molecule has 4 heteroatoms. The summed E-state index contributed by atoms with van der Waals surface area (Å²) in [6.45, 7) is 4.10. The van der Waals surface area contributed by atoms with Gasteiger partial charge in [0, 0.05) is 13.1 Å². The van der Waals surface area contributed by atoms with Crippen LogP contribution >= 0.6 is 0 Å². The fraction of sp³-hybridized carbons (Fsp3) is 1.00. The maximum absolute atomic E-state index is 9.57. The molecule has 1 heterocycles. The molecule has 108 valence electrons. The summed E-state index contributed by atoms with van der Waals surface area (Å²) in [5.74, 6) is 0. The SMILES string of the molecule is CCCCCCCCCN1C[C@H](O)C(O)[C@@H](O)C1. The molecule has 18 heavy (non-hydrogen) atoms. The molecule has 0 aromatic carbocycles. The number of piperidine rings is 1. The highest BCUT2D eigenvalue weighted by molar-refractivity contribution is 4.86. The Morgan fingerprint density at radius 1 is 0.833 bits per heavy atom. The zero-order chi connectivity index (χ0) is 13.4. The second-order valence-electron chi connectivity index (χ2n) is 5.51. The van der Waals surface area contributed by atoms with Crippen LogP contribution in [0, 0.1) is 0 Å². The first-order chi connectivity index (χ1) is 8.65. The summed E-state index contributed by atoms with van der Waals surface area (Å²) < 4.78 is 0. The summed E-state index contributed by atoms with van der Waals surface area (Å²) in [7, 11) is 0. The topological polar surface area (TPSA) is 63.9 Å². The van der Waals surface area contributed by atoms with Crippen molar-refractivity contribution in [2.75, 3.05) is 19.6 Å². The molecule has 1 saturated heterocycles. The predicted octanol–water partition coefficient (Wildman–Crippen LogP) is 1.14. The Bertz CT molecular complexity index is 201. The zero-order valence-electron chi connectivity index (χ0n) is 11.6. The fourth-order valence-corrected chi connectivity index (χ4v) is 2.55. The van der Waals surface area contributed by atoms with Crippen LogP contribution < -0.4 is 0 Å². The van der Waals surface area contributed by atoms with Crippen LogP contribution in [0.3, 0.4) is 0 Å². The number of unbranched alkanes of at least 4 members (excludes halogenated alkanes) is 6. The van der Waals surface area contributed by atoms with Crippen LogP contribution in [0.25, 0.3) is 0 Å². The van der Waals surface area contributed by atoms with Crippen molar-refractivity contribution >= 4 is 0 Å². The van der Waals surface area contributed by atoms with E-state index in [1.807, 2.05) is 4.90 Å². The van der Waals surface area contributed by atoms with Gasteiger partial charge in [-0.2, -0.15) is 0 Å². The van der Waals surface area contributed by atoms with Gasteiger partial charge in [0.1, 0.15) is 6.10 Å². The van der Waals surface area contributed by atoms with Crippen molar-refractivity contribution < 1.29 is 15.3 Å². The third-order valence-electron chi connectivity index (χ3n) is 3.76. The molecule has 0 spiro atoms. The third-order valence-corrected chi connectivity index (χ3v) is 3.76. The molecule has 0 saturated carbocycles. The first-order valence-electron chi connectivity index (χ1n) is 7.41. The molecule has 0 aromatic heterocycles. The van der Waals surface area contributed by atoms with Gasteiger partial charge in [-0.05, 0) is 13.0 Å². The highest BCUT2D eigenvalue weighted by atomic mass is 16.4. The molecule has 0 amide bonds. The first kappa shape index (κ1) is 15.9. The monoisotopic (exact) mass is 259 g/mol. The van der Waals surface area contributed by atoms with E-state index in [1.54, 1.807) is 0 Å². The number of hydrogen-bond donors (Lipinski definition) is 3. The van der Waals surface area contributed by atoms with Gasteiger partial charge in [0.15, 0.2) is 0 Å². The van der Waals surface area contributed by atoms with E-state index in [0.29, 0.717) is 13.1 Å². The lowest BCUT2D eigenvalue weighted by molar-refractivity contribution is -0.109. The number of β-amino-alcohol motifs (C(OH)–C–C–N with tert-alkyl or cyclic N) is 2. The van der Waals surface area contributed by atoms with E-state index in [2.05, 4.69) is 6.92 Å². The van der Waals surface area contributed by atoms with Crippen molar-refractivity contribution in [3.05, 3.63) is 0 Å². The molecule has 0 bridgehead atoms. The number of rotatable bonds is 8. The minimum Gasteiger partial charge on any atom is -0.389 e. The average Bonchev–Trinajstić information content (AvgIpc) is 2.34. The number of nitrogens with zero attached hydrogens (tertiary/aromatic N) is 1. The Morgan fingerprint density at radius 3 is 1.89 bits per heavy atom. The normalized spacial score (nSPS) is 26.7. The first-order valence-corrected chi connectivity index (χ1v) is 7.41. The summed E-state index contributed by atoms with van der Waals surface area (Å²) in [5, 5.41) is 28.6. The van der Waals surface area contributed by atoms with Gasteiger partial charge in [-0.15, -0.1) is 0 Å². The Morgan fingerprint density at radius 2 is 1.33 bits per heavy atom. The third kappa shape index (κ3) is 5.65. The Kier molecular flexibility index (Phi) is 7.82. The Balaban J connectivity index is 2.02. The lowest BCUT2D eigenvalue weighted by atomic mass is 10.0. The molecule has 0 aliphatic carbocycles. The summed E-state index contributed by atoms with van der Waals surface area (Å²) in [6, 6.07) is 0. The van der Waals surface area contributed by atoms with Crippen LogP contribution in [0.5, 0.6) is 0 Å². The van der Waals surface area contributed by atoms with Crippen molar-refractivity contribution in [3.8, 4) is 0 Å². The molecule has 2 atom stereocenters. The van der Waals surface area contributed by atoms with Gasteiger partial charge in [-0.25, -0.2) is 0 Å². The van der Waals surface area contributed by atoms with Gasteiger partial charge >= 0.3 is 0 Å². The van der Waals surface area contributed by atoms with Crippen LogP contribution in [-0.4, -0.2) is 58.2 Å². The van der Waals surface area contributed by atoms with Gasteiger partial charge in [0.2, 0.25) is 0 Å². The molecule has 4 nitrogen and oxygen atoms in total. The second kappa shape index (κ2) is 8.86. The molecule has 3 N–H and O–H groups in total. The molecular formula is C14H29NO3. The lowest BCUT2D eigenvalue weighted by Gasteiger charge is -2.36. The van der Waals surface area contributed by atoms with E-state index in [1.165, 1.54) is 38.5 Å². The van der Waals surface area contributed by atoms with Crippen LogP contribution in [-0.2, 0) is 0 Å². The summed E-state index contributed by atoms with van der Waals surface area (Å²) in [5.41, 5.74) is 0. The van der Waals surface area contributed by atoms with Gasteiger partial charge in [-0.1, -0.05) is 45.4 Å². The number of hydrogen-bond acceptors (Lipinski definition) is 4. The molecule has 0 aromatic rings. The highest BCUT2D eigenvalue weighted by Crippen LogP contribution is 2.13. The summed E-state index contributed by atoms with van der Waals surface area (Å²) >= 11 is 0. The van der Waals surface area contributed by atoms with Gasteiger partial charge < -0.3 is 15.3 Å². The highest BCUT2D eigenvalue weighted by Gasteiger charge is 2.32. The number of likely N-dealkylation sites (tertiary alicyclic amines) is 1. The maximum Gasteiger partial charge on any atom is 0.108 e.